The molecule has 0 radical (unpaired) electrons. The molecule has 2 rings (SSSR count). The molecule has 0 nitrogen and oxygen atoms in total. The number of allylic oxidation sites excluding steroid dienone is 1. The van der Waals surface area contributed by atoms with E-state index in [1.807, 2.05) is 0 Å². The molecule has 0 spiro atoms. The number of hydrogen-bond acceptors (Lipinski definition) is 0. The molecular weight excluding hydrogens is 180 g/mol. The molecule has 0 bridgehead atoms. The van der Waals surface area contributed by atoms with Gasteiger partial charge in [0.25, 0.3) is 0 Å². The van der Waals surface area contributed by atoms with E-state index in [4.69, 9.17) is 0 Å². The molecule has 0 aromatic heterocycles. The van der Waals surface area contributed by atoms with Crippen molar-refractivity contribution in [3.05, 3.63) is 40.5 Å². The minimum absolute atomic E-state index is 0.406. The van der Waals surface area contributed by atoms with Crippen LogP contribution in [0.5, 0.6) is 0 Å². The van der Waals surface area contributed by atoms with Crippen molar-refractivity contribution in [3.8, 4) is 0 Å². The van der Waals surface area contributed by atoms with Crippen molar-refractivity contribution in [3.63, 3.8) is 0 Å². The lowest BCUT2D eigenvalue weighted by Crippen LogP contribution is -2.06. The number of benzene rings is 1. The van der Waals surface area contributed by atoms with Gasteiger partial charge >= 0.3 is 0 Å². The van der Waals surface area contributed by atoms with Gasteiger partial charge in [0.1, 0.15) is 0 Å². The maximum absolute atomic E-state index is 2.38. The van der Waals surface area contributed by atoms with Crippen LogP contribution >= 0.6 is 0 Å². The Morgan fingerprint density at radius 1 is 1.20 bits per heavy atom. The molecule has 80 valence electrons. The zero-order chi connectivity index (χ0) is 11.1. The smallest absolute Gasteiger partial charge is 0.00576 e. The van der Waals surface area contributed by atoms with E-state index in [0.717, 1.165) is 6.42 Å². The molecule has 0 fully saturated rings. The average Bonchev–Trinajstić information content (AvgIpc) is 2.42. The largest absolute Gasteiger partial charge is 0.0647 e. The van der Waals surface area contributed by atoms with E-state index >= 15 is 0 Å². The van der Waals surface area contributed by atoms with Crippen molar-refractivity contribution in [2.24, 2.45) is 5.41 Å². The van der Waals surface area contributed by atoms with Gasteiger partial charge in [0.2, 0.25) is 0 Å². The van der Waals surface area contributed by atoms with E-state index in [9.17, 15) is 0 Å². The fourth-order valence-electron chi connectivity index (χ4n) is 2.32. The van der Waals surface area contributed by atoms with Crippen LogP contribution in [0.2, 0.25) is 0 Å². The molecule has 0 atom stereocenters. The number of aryl methyl sites for hydroxylation is 1. The first-order chi connectivity index (χ1) is 6.94. The highest BCUT2D eigenvalue weighted by Gasteiger charge is 2.18. The summed E-state index contributed by atoms with van der Waals surface area (Å²) in [7, 11) is 0. The van der Waals surface area contributed by atoms with Crippen LogP contribution in [-0.2, 0) is 6.42 Å². The summed E-state index contributed by atoms with van der Waals surface area (Å²) in [5.41, 5.74) is 6.29. The fraction of sp³-hybridized carbons (Fsp3) is 0.467. The summed E-state index contributed by atoms with van der Waals surface area (Å²) in [4.78, 5) is 0. The van der Waals surface area contributed by atoms with E-state index in [0.29, 0.717) is 5.41 Å². The van der Waals surface area contributed by atoms with Gasteiger partial charge in [-0.1, -0.05) is 56.2 Å². The minimum atomic E-state index is 0.406. The Morgan fingerprint density at radius 3 is 2.60 bits per heavy atom. The topological polar surface area (TPSA) is 0 Å². The summed E-state index contributed by atoms with van der Waals surface area (Å²) < 4.78 is 0. The van der Waals surface area contributed by atoms with Crippen molar-refractivity contribution in [1.29, 1.82) is 0 Å². The van der Waals surface area contributed by atoms with Crippen molar-refractivity contribution in [2.75, 3.05) is 0 Å². The molecule has 0 heterocycles. The maximum Gasteiger partial charge on any atom is -0.00576 e. The lowest BCUT2D eigenvalue weighted by Gasteiger charge is -2.18. The van der Waals surface area contributed by atoms with Crippen molar-refractivity contribution < 1.29 is 0 Å². The van der Waals surface area contributed by atoms with Crippen molar-refractivity contribution >= 4 is 6.08 Å². The summed E-state index contributed by atoms with van der Waals surface area (Å²) >= 11 is 0. The average molecular weight is 200 g/mol. The first-order valence-corrected chi connectivity index (χ1v) is 5.73. The summed E-state index contributed by atoms with van der Waals surface area (Å²) in [6.07, 6.45) is 4.75. The monoisotopic (exact) mass is 200 g/mol. The molecule has 1 aromatic carbocycles. The van der Waals surface area contributed by atoms with E-state index in [-0.39, 0.29) is 0 Å². The van der Waals surface area contributed by atoms with Gasteiger partial charge < -0.3 is 0 Å². The maximum atomic E-state index is 2.38. The van der Waals surface area contributed by atoms with Gasteiger partial charge in [0.05, 0.1) is 0 Å². The second kappa shape index (κ2) is 3.52. The second-order valence-corrected chi connectivity index (χ2v) is 5.92. The Labute approximate surface area is 93.0 Å². The van der Waals surface area contributed by atoms with Gasteiger partial charge in [0, 0.05) is 0 Å². The minimum Gasteiger partial charge on any atom is -0.0647 e. The van der Waals surface area contributed by atoms with Crippen molar-refractivity contribution in [1.82, 2.24) is 0 Å². The molecule has 0 aliphatic heterocycles. The highest BCUT2D eigenvalue weighted by Crippen LogP contribution is 2.33. The third-order valence-corrected chi connectivity index (χ3v) is 2.84. The normalized spacial score (nSPS) is 15.1. The Morgan fingerprint density at radius 2 is 1.93 bits per heavy atom. The standard InChI is InChI=1S/C15H20/c1-11-5-6-13-8-12(9-14(13)7-11)10-15(2,3)4/h5-7,9H,8,10H2,1-4H3. The van der Waals surface area contributed by atoms with Gasteiger partial charge in [-0.15, -0.1) is 0 Å². The quantitative estimate of drug-likeness (QED) is 0.631. The Balaban J connectivity index is 2.20. The molecule has 1 aliphatic rings. The highest BCUT2D eigenvalue weighted by atomic mass is 14.2. The van der Waals surface area contributed by atoms with Crippen LogP contribution in [0.15, 0.2) is 23.8 Å². The summed E-state index contributed by atoms with van der Waals surface area (Å²) in [6.45, 7) is 9.09. The molecular formula is C15H20. The van der Waals surface area contributed by atoms with Crippen LogP contribution in [0, 0.1) is 12.3 Å². The van der Waals surface area contributed by atoms with Crippen LogP contribution in [0.4, 0.5) is 0 Å². The number of rotatable bonds is 1. The van der Waals surface area contributed by atoms with Crippen LogP contribution in [-0.4, -0.2) is 0 Å². The Hall–Kier alpha value is -1.04. The van der Waals surface area contributed by atoms with Gasteiger partial charge in [-0.2, -0.15) is 0 Å². The van der Waals surface area contributed by atoms with E-state index in [2.05, 4.69) is 52.0 Å². The van der Waals surface area contributed by atoms with E-state index in [1.54, 1.807) is 5.57 Å². The third kappa shape index (κ3) is 2.50. The SMILES string of the molecule is Cc1ccc2c(c1)C=C(CC(C)(C)C)C2. The van der Waals surface area contributed by atoms with Gasteiger partial charge in [0.15, 0.2) is 0 Å². The third-order valence-electron chi connectivity index (χ3n) is 2.84. The zero-order valence-electron chi connectivity index (χ0n) is 10.2. The first-order valence-electron chi connectivity index (χ1n) is 5.73. The highest BCUT2D eigenvalue weighted by molar-refractivity contribution is 5.64. The molecule has 0 saturated heterocycles. The molecule has 0 saturated carbocycles. The van der Waals surface area contributed by atoms with Gasteiger partial charge in [-0.05, 0) is 36.3 Å². The molecule has 0 heteroatoms. The molecule has 0 amide bonds. The summed E-state index contributed by atoms with van der Waals surface area (Å²) in [5.74, 6) is 0. The number of fused-ring (bicyclic) bond motifs is 1. The van der Waals surface area contributed by atoms with E-state index < -0.39 is 0 Å². The van der Waals surface area contributed by atoms with Crippen LogP contribution in [0.1, 0.15) is 43.9 Å². The van der Waals surface area contributed by atoms with Crippen LogP contribution < -0.4 is 0 Å². The van der Waals surface area contributed by atoms with Crippen LogP contribution in [0.3, 0.4) is 0 Å². The lowest BCUT2D eigenvalue weighted by molar-refractivity contribution is 0.408. The predicted molar refractivity (Wildman–Crippen MR) is 66.9 cm³/mol. The summed E-state index contributed by atoms with van der Waals surface area (Å²) in [5, 5.41) is 0. The molecule has 1 aliphatic carbocycles. The van der Waals surface area contributed by atoms with Crippen LogP contribution in [0.25, 0.3) is 6.08 Å². The predicted octanol–water partition coefficient (Wildman–Crippen LogP) is 4.37. The van der Waals surface area contributed by atoms with E-state index in [1.165, 1.54) is 23.1 Å². The summed E-state index contributed by atoms with van der Waals surface area (Å²) in [6, 6.07) is 6.79. The lowest BCUT2D eigenvalue weighted by atomic mass is 9.87. The molecule has 0 N–H and O–H groups in total. The van der Waals surface area contributed by atoms with Crippen molar-refractivity contribution in [2.45, 2.75) is 40.5 Å². The van der Waals surface area contributed by atoms with Gasteiger partial charge in [-0.3, -0.25) is 0 Å². The Bertz CT molecular complexity index is 403. The fourth-order valence-corrected chi connectivity index (χ4v) is 2.32. The zero-order valence-corrected chi connectivity index (χ0v) is 10.2. The first kappa shape index (κ1) is 10.5. The van der Waals surface area contributed by atoms with Gasteiger partial charge in [-0.25, -0.2) is 0 Å². The second-order valence-electron chi connectivity index (χ2n) is 5.92. The number of hydrogen-bond donors (Lipinski definition) is 0. The molecule has 1 aromatic rings. The molecule has 15 heavy (non-hydrogen) atoms. The Kier molecular flexibility index (Phi) is 2.46. The molecule has 0 unspecified atom stereocenters.